The molecule has 11 nitrogen and oxygen atoms in total. The lowest BCUT2D eigenvalue weighted by Gasteiger charge is -2.33. The zero-order chi connectivity index (χ0) is 25.0. The molecule has 3 heterocycles. The average molecular weight is 508 g/mol. The number of benzene rings is 1. The summed E-state index contributed by atoms with van der Waals surface area (Å²) in [6.45, 7) is 0.972. The number of piperidine rings is 1. The third-order valence-corrected chi connectivity index (χ3v) is 6.11. The second-order valence-corrected chi connectivity index (χ2v) is 8.69. The van der Waals surface area contributed by atoms with E-state index in [0.717, 1.165) is 25.2 Å². The van der Waals surface area contributed by atoms with Crippen LogP contribution < -0.4 is 5.43 Å². The Bertz CT molecular complexity index is 1190. The minimum atomic E-state index is -4.58. The van der Waals surface area contributed by atoms with Gasteiger partial charge in [-0.05, 0) is 30.5 Å². The molecule has 1 N–H and O–H groups in total. The van der Waals surface area contributed by atoms with E-state index in [1.807, 2.05) is 0 Å². The van der Waals surface area contributed by atoms with Gasteiger partial charge in [0.15, 0.2) is 0 Å². The van der Waals surface area contributed by atoms with Gasteiger partial charge in [-0.2, -0.15) is 13.2 Å². The lowest BCUT2D eigenvalue weighted by atomic mass is 10.0. The van der Waals surface area contributed by atoms with Crippen LogP contribution in [0.2, 0.25) is 0 Å². The molecule has 1 aromatic carbocycles. The van der Waals surface area contributed by atoms with Crippen LogP contribution in [0.25, 0.3) is 0 Å². The topological polar surface area (TPSA) is 132 Å². The van der Waals surface area contributed by atoms with Crippen LogP contribution in [0.15, 0.2) is 47.9 Å². The van der Waals surface area contributed by atoms with Gasteiger partial charge in [0.25, 0.3) is 11.6 Å². The van der Waals surface area contributed by atoms with Crippen molar-refractivity contribution in [3.05, 3.63) is 69.9 Å². The fourth-order valence-corrected chi connectivity index (χ4v) is 4.17. The summed E-state index contributed by atoms with van der Waals surface area (Å²) in [5, 5.41) is 19.8. The van der Waals surface area contributed by atoms with Crippen molar-refractivity contribution < 1.29 is 22.9 Å². The van der Waals surface area contributed by atoms with Gasteiger partial charge in [0.1, 0.15) is 5.03 Å². The Morgan fingerprint density at radius 3 is 2.57 bits per heavy atom. The first kappa shape index (κ1) is 24.4. The number of alkyl halides is 3. The molecule has 1 atom stereocenters. The Kier molecular flexibility index (Phi) is 7.14. The van der Waals surface area contributed by atoms with Crippen molar-refractivity contribution in [2.45, 2.75) is 35.8 Å². The highest BCUT2D eigenvalue weighted by Crippen LogP contribution is 2.26. The van der Waals surface area contributed by atoms with Gasteiger partial charge in [-0.3, -0.25) is 20.3 Å². The summed E-state index contributed by atoms with van der Waals surface area (Å²) in [7, 11) is 0. The third kappa shape index (κ3) is 6.23. The van der Waals surface area contributed by atoms with E-state index >= 15 is 0 Å². The zero-order valence-corrected chi connectivity index (χ0v) is 18.9. The second kappa shape index (κ2) is 10.2. The Hall–Kier alpha value is -3.75. The second-order valence-electron chi connectivity index (χ2n) is 7.70. The number of halogens is 3. The van der Waals surface area contributed by atoms with E-state index < -0.39 is 16.9 Å². The largest absolute Gasteiger partial charge is 0.451 e. The number of nitro groups is 1. The van der Waals surface area contributed by atoms with Crippen LogP contribution in [0.1, 0.15) is 34.6 Å². The predicted octanol–water partition coefficient (Wildman–Crippen LogP) is 3.14. The minimum Gasteiger partial charge on any atom is -0.337 e. The predicted molar refractivity (Wildman–Crippen MR) is 118 cm³/mol. The normalized spacial score (nSPS) is 16.2. The molecule has 1 fully saturated rings. The Labute approximate surface area is 200 Å². The van der Waals surface area contributed by atoms with E-state index in [4.69, 9.17) is 0 Å². The van der Waals surface area contributed by atoms with E-state index in [1.165, 1.54) is 47.1 Å². The number of carbonyl (C=O) groups is 1. The van der Waals surface area contributed by atoms with Crippen molar-refractivity contribution in [3.63, 3.8) is 0 Å². The summed E-state index contributed by atoms with van der Waals surface area (Å²) >= 11 is 1.27. The summed E-state index contributed by atoms with van der Waals surface area (Å²) in [6, 6.07) is 5.38. The first-order valence-electron chi connectivity index (χ1n) is 10.4. The van der Waals surface area contributed by atoms with Gasteiger partial charge < -0.3 is 4.90 Å². The van der Waals surface area contributed by atoms with Gasteiger partial charge in [0, 0.05) is 48.9 Å². The molecule has 0 saturated carbocycles. The standard InChI is InChI=1S/C20H19F3N8O3S/c21-20(22,23)19-24-8-13(9-25-19)12-35-17-10-26-31(28-17)27-15-2-1-7-29(11-15)18(32)14-3-5-16(6-4-14)30(33)34/h3-6,8-10,15,27H,1-2,7,11-12H2/t15-/m1/s1. The van der Waals surface area contributed by atoms with E-state index in [-0.39, 0.29) is 17.6 Å². The van der Waals surface area contributed by atoms with Crippen molar-refractivity contribution in [1.82, 2.24) is 30.0 Å². The molecule has 1 aliphatic rings. The maximum absolute atomic E-state index is 12.8. The molecule has 0 bridgehead atoms. The lowest BCUT2D eigenvalue weighted by Crippen LogP contribution is -2.47. The van der Waals surface area contributed by atoms with Gasteiger partial charge in [-0.15, -0.1) is 10.2 Å². The number of likely N-dealkylation sites (tertiary alicyclic amines) is 1. The Morgan fingerprint density at radius 1 is 1.20 bits per heavy atom. The highest BCUT2D eigenvalue weighted by molar-refractivity contribution is 7.98. The van der Waals surface area contributed by atoms with Crippen LogP contribution in [-0.4, -0.2) is 59.9 Å². The van der Waals surface area contributed by atoms with Gasteiger partial charge in [0.05, 0.1) is 17.2 Å². The summed E-state index contributed by atoms with van der Waals surface area (Å²) in [5.74, 6) is -1.08. The van der Waals surface area contributed by atoms with Crippen LogP contribution in [-0.2, 0) is 11.9 Å². The number of nitrogens with one attached hydrogen (secondary N) is 1. The number of rotatable bonds is 7. The zero-order valence-electron chi connectivity index (χ0n) is 18.1. The third-order valence-electron chi connectivity index (χ3n) is 5.15. The van der Waals surface area contributed by atoms with E-state index in [1.54, 1.807) is 4.90 Å². The molecule has 0 radical (unpaired) electrons. The van der Waals surface area contributed by atoms with Crippen molar-refractivity contribution in [1.29, 1.82) is 0 Å². The van der Waals surface area contributed by atoms with Crippen LogP contribution in [0.4, 0.5) is 18.9 Å². The molecule has 1 amide bonds. The van der Waals surface area contributed by atoms with E-state index in [9.17, 15) is 28.1 Å². The van der Waals surface area contributed by atoms with Crippen molar-refractivity contribution in [3.8, 4) is 0 Å². The SMILES string of the molecule is O=C(c1ccc([N+](=O)[O-])cc1)N1CCC[C@@H](Nn2ncc(SCc3cnc(C(F)(F)F)nc3)n2)C1. The first-order valence-corrected chi connectivity index (χ1v) is 11.4. The molecule has 184 valence electrons. The molecular formula is C20H19F3N8O3S. The number of thioether (sulfide) groups is 1. The number of amides is 1. The summed E-state index contributed by atoms with van der Waals surface area (Å²) in [4.78, 5) is 32.7. The molecule has 0 unspecified atom stereocenters. The highest BCUT2D eigenvalue weighted by atomic mass is 32.2. The van der Waals surface area contributed by atoms with Gasteiger partial charge in [-0.25, -0.2) is 9.97 Å². The fraction of sp³-hybridized carbons (Fsp3) is 0.350. The average Bonchev–Trinajstić information content (AvgIpc) is 3.29. The lowest BCUT2D eigenvalue weighted by molar-refractivity contribution is -0.384. The van der Waals surface area contributed by atoms with Crippen molar-refractivity contribution in [2.24, 2.45) is 0 Å². The molecule has 1 saturated heterocycles. The molecule has 3 aromatic rings. The van der Waals surface area contributed by atoms with Crippen LogP contribution in [0.3, 0.4) is 0 Å². The first-order chi connectivity index (χ1) is 16.7. The number of nitrogens with zero attached hydrogens (tertiary/aromatic N) is 7. The number of hydrogen-bond donors (Lipinski definition) is 1. The number of non-ortho nitro benzene ring substituents is 1. The summed E-state index contributed by atoms with van der Waals surface area (Å²) < 4.78 is 37.7. The molecule has 15 heteroatoms. The smallest absolute Gasteiger partial charge is 0.337 e. The maximum atomic E-state index is 12.8. The maximum Gasteiger partial charge on any atom is 0.451 e. The van der Waals surface area contributed by atoms with Crippen molar-refractivity contribution in [2.75, 3.05) is 18.5 Å². The summed E-state index contributed by atoms with van der Waals surface area (Å²) in [5.41, 5.74) is 3.94. The molecule has 2 aromatic heterocycles. The van der Waals surface area contributed by atoms with Crippen LogP contribution in [0, 0.1) is 10.1 Å². The molecular weight excluding hydrogens is 489 g/mol. The van der Waals surface area contributed by atoms with Crippen LogP contribution in [0.5, 0.6) is 0 Å². The number of hydrogen-bond acceptors (Lipinski definition) is 9. The van der Waals surface area contributed by atoms with Gasteiger partial charge >= 0.3 is 6.18 Å². The number of aromatic nitrogens is 5. The van der Waals surface area contributed by atoms with E-state index in [0.29, 0.717) is 35.0 Å². The van der Waals surface area contributed by atoms with Gasteiger partial charge in [-0.1, -0.05) is 16.7 Å². The summed E-state index contributed by atoms with van der Waals surface area (Å²) in [6.07, 6.45) is 0.741. The number of nitro benzene ring substituents is 1. The molecule has 1 aliphatic heterocycles. The molecule has 0 aliphatic carbocycles. The molecule has 35 heavy (non-hydrogen) atoms. The van der Waals surface area contributed by atoms with Gasteiger partial charge in [0.2, 0.25) is 5.82 Å². The van der Waals surface area contributed by atoms with E-state index in [2.05, 4.69) is 25.6 Å². The van der Waals surface area contributed by atoms with Crippen molar-refractivity contribution >= 4 is 23.4 Å². The van der Waals surface area contributed by atoms with Crippen LogP contribution >= 0.6 is 11.8 Å². The highest BCUT2D eigenvalue weighted by Gasteiger charge is 2.34. The molecule has 4 rings (SSSR count). The number of carbonyl (C=O) groups excluding carboxylic acids is 1. The molecule has 0 spiro atoms. The Balaban J connectivity index is 1.30. The quantitative estimate of drug-likeness (QED) is 0.290. The monoisotopic (exact) mass is 508 g/mol. The minimum absolute atomic E-state index is 0.0796. The Morgan fingerprint density at radius 2 is 1.91 bits per heavy atom. The fourth-order valence-electron chi connectivity index (χ4n) is 3.45.